The third kappa shape index (κ3) is 3.32. The van der Waals surface area contributed by atoms with Crippen LogP contribution in [0.3, 0.4) is 0 Å². The highest BCUT2D eigenvalue weighted by Crippen LogP contribution is 2.56. The first kappa shape index (κ1) is 17.4. The van der Waals surface area contributed by atoms with E-state index in [1.165, 1.54) is 38.5 Å². The van der Waals surface area contributed by atoms with E-state index in [1.54, 1.807) is 24.5 Å². The molecule has 4 bridgehead atoms. The van der Waals surface area contributed by atoms with Crippen LogP contribution in [0.5, 0.6) is 0 Å². The molecule has 142 valence electrons. The van der Waals surface area contributed by atoms with E-state index < -0.39 is 0 Å². The molecule has 4 saturated carbocycles. The molecule has 4 N–H and O–H groups in total. The minimum atomic E-state index is 0.147. The highest BCUT2D eigenvalue weighted by molar-refractivity contribution is 6.35. The third-order valence-corrected chi connectivity index (χ3v) is 6.87. The minimum absolute atomic E-state index is 0.147. The van der Waals surface area contributed by atoms with Crippen molar-refractivity contribution in [3.05, 3.63) is 34.6 Å². The predicted octanol–water partition coefficient (Wildman–Crippen LogP) is 5.49. The third-order valence-electron chi connectivity index (χ3n) is 6.43. The van der Waals surface area contributed by atoms with E-state index in [1.807, 2.05) is 0 Å². The van der Waals surface area contributed by atoms with Gasteiger partial charge in [0, 0.05) is 21.3 Å². The Bertz CT molecular complexity index is 829. The zero-order valence-corrected chi connectivity index (χ0v) is 16.5. The topological polar surface area (TPSA) is 75.9 Å². The molecular formula is C20H23Cl2N5. The number of anilines is 4. The van der Waals surface area contributed by atoms with E-state index in [0.717, 1.165) is 29.3 Å². The molecule has 1 heterocycles. The summed E-state index contributed by atoms with van der Waals surface area (Å²) in [6, 6.07) is 5.28. The zero-order chi connectivity index (χ0) is 18.6. The molecule has 27 heavy (non-hydrogen) atoms. The SMILES string of the molecule is Nc1c(Nc2cc(Cl)cc(Cl)c2)ncnc1NC12CC3CC(CC(C3)C1)C2. The van der Waals surface area contributed by atoms with Crippen LogP contribution in [-0.2, 0) is 0 Å². The number of nitrogens with one attached hydrogen (secondary N) is 2. The zero-order valence-electron chi connectivity index (χ0n) is 15.0. The molecule has 2 aromatic rings. The number of hydrogen-bond acceptors (Lipinski definition) is 5. The van der Waals surface area contributed by atoms with Crippen molar-refractivity contribution in [2.24, 2.45) is 17.8 Å². The summed E-state index contributed by atoms with van der Waals surface area (Å²) >= 11 is 12.2. The van der Waals surface area contributed by atoms with Crippen molar-refractivity contribution < 1.29 is 0 Å². The van der Waals surface area contributed by atoms with Crippen LogP contribution >= 0.6 is 23.2 Å². The Labute approximate surface area is 169 Å². The Morgan fingerprint density at radius 1 is 0.889 bits per heavy atom. The Kier molecular flexibility index (Phi) is 4.13. The summed E-state index contributed by atoms with van der Waals surface area (Å²) in [7, 11) is 0. The van der Waals surface area contributed by atoms with Crippen LogP contribution in [0.15, 0.2) is 24.5 Å². The van der Waals surface area contributed by atoms with Gasteiger partial charge in [0.25, 0.3) is 0 Å². The first-order valence-electron chi connectivity index (χ1n) is 9.60. The van der Waals surface area contributed by atoms with Crippen LogP contribution in [0, 0.1) is 17.8 Å². The molecule has 0 unspecified atom stereocenters. The van der Waals surface area contributed by atoms with E-state index in [0.29, 0.717) is 21.6 Å². The van der Waals surface area contributed by atoms with Crippen LogP contribution in [0.2, 0.25) is 10.0 Å². The van der Waals surface area contributed by atoms with Gasteiger partial charge in [-0.1, -0.05) is 23.2 Å². The Hall–Kier alpha value is -1.72. The standard InChI is InChI=1S/C20H23Cl2N5/c21-14-4-15(22)6-16(5-14)26-18-17(23)19(25-10-24-18)27-20-7-11-1-12(8-20)3-13(2-11)9-20/h4-6,10-13H,1-3,7-9,23H2,(H2,24,25,26,27). The molecule has 0 atom stereocenters. The van der Waals surface area contributed by atoms with Gasteiger partial charge in [-0.2, -0.15) is 0 Å². The molecule has 1 aromatic carbocycles. The maximum atomic E-state index is 6.42. The number of nitrogens with zero attached hydrogens (tertiary/aromatic N) is 2. The van der Waals surface area contributed by atoms with E-state index in [4.69, 9.17) is 28.9 Å². The van der Waals surface area contributed by atoms with Gasteiger partial charge < -0.3 is 16.4 Å². The van der Waals surface area contributed by atoms with Crippen LogP contribution in [-0.4, -0.2) is 15.5 Å². The number of halogens is 2. The van der Waals surface area contributed by atoms with Gasteiger partial charge in [-0.25, -0.2) is 9.97 Å². The van der Waals surface area contributed by atoms with Crippen molar-refractivity contribution in [1.82, 2.24) is 9.97 Å². The van der Waals surface area contributed by atoms with Crippen LogP contribution in [0.4, 0.5) is 23.0 Å². The largest absolute Gasteiger partial charge is 0.393 e. The lowest BCUT2D eigenvalue weighted by atomic mass is 9.53. The summed E-state index contributed by atoms with van der Waals surface area (Å²) in [5, 5.41) is 8.07. The summed E-state index contributed by atoms with van der Waals surface area (Å²) in [5.41, 5.74) is 7.85. The van der Waals surface area contributed by atoms with Gasteiger partial charge in [0.1, 0.15) is 12.0 Å². The first-order chi connectivity index (χ1) is 13.0. The molecule has 0 amide bonds. The summed E-state index contributed by atoms with van der Waals surface area (Å²) in [4.78, 5) is 8.77. The fraction of sp³-hybridized carbons (Fsp3) is 0.500. The lowest BCUT2D eigenvalue weighted by Crippen LogP contribution is -2.55. The van der Waals surface area contributed by atoms with Crippen molar-refractivity contribution in [3.63, 3.8) is 0 Å². The number of rotatable bonds is 4. The molecule has 4 aliphatic rings. The number of nitrogen functional groups attached to an aromatic ring is 1. The van der Waals surface area contributed by atoms with Gasteiger partial charge in [-0.15, -0.1) is 0 Å². The molecule has 0 aliphatic heterocycles. The van der Waals surface area contributed by atoms with E-state index in [9.17, 15) is 0 Å². The van der Waals surface area contributed by atoms with Gasteiger partial charge in [-0.3, -0.25) is 0 Å². The normalized spacial score (nSPS) is 31.1. The first-order valence-corrected chi connectivity index (χ1v) is 10.4. The van der Waals surface area contributed by atoms with Crippen LogP contribution in [0.1, 0.15) is 38.5 Å². The highest BCUT2D eigenvalue weighted by atomic mass is 35.5. The van der Waals surface area contributed by atoms with Crippen LogP contribution in [0.25, 0.3) is 0 Å². The summed E-state index contributed by atoms with van der Waals surface area (Å²) in [6.07, 6.45) is 9.46. The van der Waals surface area contributed by atoms with Gasteiger partial charge >= 0.3 is 0 Å². The molecule has 7 heteroatoms. The molecule has 1 aromatic heterocycles. The number of aromatic nitrogens is 2. The summed E-state index contributed by atoms with van der Waals surface area (Å²) < 4.78 is 0. The molecule has 0 spiro atoms. The van der Waals surface area contributed by atoms with E-state index in [-0.39, 0.29) is 5.54 Å². The summed E-state index contributed by atoms with van der Waals surface area (Å²) in [6.45, 7) is 0. The second-order valence-electron chi connectivity index (χ2n) is 8.59. The second-order valence-corrected chi connectivity index (χ2v) is 9.46. The molecule has 0 saturated heterocycles. The molecule has 4 fully saturated rings. The Morgan fingerprint density at radius 2 is 1.44 bits per heavy atom. The van der Waals surface area contributed by atoms with Crippen molar-refractivity contribution in [2.75, 3.05) is 16.4 Å². The van der Waals surface area contributed by atoms with Gasteiger partial charge in [-0.05, 0) is 74.5 Å². The van der Waals surface area contributed by atoms with Crippen molar-refractivity contribution >= 4 is 46.2 Å². The molecule has 5 nitrogen and oxygen atoms in total. The fourth-order valence-electron chi connectivity index (χ4n) is 5.87. The molecular weight excluding hydrogens is 381 g/mol. The minimum Gasteiger partial charge on any atom is -0.393 e. The van der Waals surface area contributed by atoms with Crippen LogP contribution < -0.4 is 16.4 Å². The average Bonchev–Trinajstić information content (AvgIpc) is 2.56. The average molecular weight is 404 g/mol. The molecule has 6 rings (SSSR count). The quantitative estimate of drug-likeness (QED) is 0.628. The van der Waals surface area contributed by atoms with Gasteiger partial charge in [0.15, 0.2) is 11.6 Å². The number of benzene rings is 1. The fourth-order valence-corrected chi connectivity index (χ4v) is 6.40. The Balaban J connectivity index is 1.40. The molecule has 4 aliphatic carbocycles. The highest BCUT2D eigenvalue weighted by Gasteiger charge is 2.51. The maximum Gasteiger partial charge on any atom is 0.159 e. The smallest absolute Gasteiger partial charge is 0.159 e. The monoisotopic (exact) mass is 403 g/mol. The van der Waals surface area contributed by atoms with Gasteiger partial charge in [0.05, 0.1) is 0 Å². The second kappa shape index (κ2) is 6.42. The number of nitrogens with two attached hydrogens (primary N) is 1. The van der Waals surface area contributed by atoms with Crippen molar-refractivity contribution in [2.45, 2.75) is 44.1 Å². The number of hydrogen-bond donors (Lipinski definition) is 3. The molecule has 0 radical (unpaired) electrons. The van der Waals surface area contributed by atoms with E-state index in [2.05, 4.69) is 20.6 Å². The van der Waals surface area contributed by atoms with Crippen molar-refractivity contribution in [3.8, 4) is 0 Å². The predicted molar refractivity (Wildman–Crippen MR) is 111 cm³/mol. The van der Waals surface area contributed by atoms with Crippen molar-refractivity contribution in [1.29, 1.82) is 0 Å². The summed E-state index contributed by atoms with van der Waals surface area (Å²) in [5.74, 6) is 3.87. The lowest BCUT2D eigenvalue weighted by Gasteiger charge is -2.57. The van der Waals surface area contributed by atoms with Gasteiger partial charge in [0.2, 0.25) is 0 Å². The van der Waals surface area contributed by atoms with E-state index >= 15 is 0 Å². The maximum absolute atomic E-state index is 6.42. The Morgan fingerprint density at radius 3 is 2.04 bits per heavy atom. The lowest BCUT2D eigenvalue weighted by molar-refractivity contribution is 0.0106.